The zero-order valence-electron chi connectivity index (χ0n) is 11.1. The van der Waals surface area contributed by atoms with Crippen LogP contribution in [0.3, 0.4) is 0 Å². The molecule has 2 aromatic rings. The Labute approximate surface area is 116 Å². The zero-order chi connectivity index (χ0) is 14.1. The number of ether oxygens (including phenoxy) is 1. The molecule has 1 unspecified atom stereocenters. The summed E-state index contributed by atoms with van der Waals surface area (Å²) in [7, 11) is 0. The first kappa shape index (κ1) is 12.9. The maximum absolute atomic E-state index is 13.6. The van der Waals surface area contributed by atoms with E-state index in [0.717, 1.165) is 35.4 Å². The largest absolute Gasteiger partial charge is 0.493 e. The fourth-order valence-corrected chi connectivity index (χ4v) is 2.40. The highest BCUT2D eigenvalue weighted by molar-refractivity contribution is 5.48. The molecule has 2 nitrogen and oxygen atoms in total. The van der Waals surface area contributed by atoms with Crippen LogP contribution in [0.25, 0.3) is 0 Å². The van der Waals surface area contributed by atoms with Crippen molar-refractivity contribution in [3.05, 3.63) is 59.2 Å². The number of anilines is 1. The van der Waals surface area contributed by atoms with Gasteiger partial charge in [0.2, 0.25) is 0 Å². The second-order valence-electron chi connectivity index (χ2n) is 4.96. The van der Waals surface area contributed by atoms with Crippen molar-refractivity contribution in [3.63, 3.8) is 0 Å². The van der Waals surface area contributed by atoms with Crippen LogP contribution in [-0.2, 0) is 6.42 Å². The van der Waals surface area contributed by atoms with E-state index >= 15 is 0 Å². The predicted octanol–water partition coefficient (Wildman–Crippen LogP) is 4.07. The van der Waals surface area contributed by atoms with Gasteiger partial charge in [0.25, 0.3) is 0 Å². The van der Waals surface area contributed by atoms with Crippen LogP contribution in [0.5, 0.6) is 5.75 Å². The van der Waals surface area contributed by atoms with Gasteiger partial charge in [0.05, 0.1) is 12.3 Å². The first-order chi connectivity index (χ1) is 9.63. The topological polar surface area (TPSA) is 21.3 Å². The Morgan fingerprint density at radius 2 is 2.00 bits per heavy atom. The van der Waals surface area contributed by atoms with Crippen molar-refractivity contribution in [1.82, 2.24) is 0 Å². The molecule has 1 aliphatic heterocycles. The Kier molecular flexibility index (Phi) is 3.30. The summed E-state index contributed by atoms with van der Waals surface area (Å²) in [4.78, 5) is 0. The van der Waals surface area contributed by atoms with Gasteiger partial charge < -0.3 is 10.1 Å². The Morgan fingerprint density at radius 3 is 2.85 bits per heavy atom. The number of benzene rings is 2. The maximum atomic E-state index is 13.6. The average molecular weight is 275 g/mol. The maximum Gasteiger partial charge on any atom is 0.146 e. The van der Waals surface area contributed by atoms with Crippen LogP contribution < -0.4 is 10.1 Å². The van der Waals surface area contributed by atoms with Crippen LogP contribution >= 0.6 is 0 Å². The lowest BCUT2D eigenvalue weighted by molar-refractivity contribution is 0.357. The summed E-state index contributed by atoms with van der Waals surface area (Å²) in [5, 5.41) is 3.00. The minimum absolute atomic E-state index is 0.114. The van der Waals surface area contributed by atoms with E-state index in [-0.39, 0.29) is 11.7 Å². The molecule has 1 atom stereocenters. The van der Waals surface area contributed by atoms with Crippen molar-refractivity contribution in [3.8, 4) is 5.75 Å². The van der Waals surface area contributed by atoms with Gasteiger partial charge in [0.15, 0.2) is 0 Å². The van der Waals surface area contributed by atoms with Gasteiger partial charge in [-0.2, -0.15) is 0 Å². The molecular formula is C16H15F2NO. The van der Waals surface area contributed by atoms with Crippen molar-refractivity contribution >= 4 is 5.69 Å². The molecule has 0 saturated heterocycles. The van der Waals surface area contributed by atoms with Crippen molar-refractivity contribution in [2.75, 3.05) is 11.9 Å². The SMILES string of the molecule is CC(Nc1cc(F)ccc1F)c1ccc2c(c1)CCO2. The lowest BCUT2D eigenvalue weighted by Gasteiger charge is -2.17. The van der Waals surface area contributed by atoms with Crippen LogP contribution in [0.2, 0.25) is 0 Å². The van der Waals surface area contributed by atoms with Crippen LogP contribution in [0.4, 0.5) is 14.5 Å². The molecule has 2 aromatic carbocycles. The quantitative estimate of drug-likeness (QED) is 0.911. The zero-order valence-corrected chi connectivity index (χ0v) is 11.1. The number of nitrogens with one attached hydrogen (secondary N) is 1. The standard InChI is InChI=1S/C16H15F2NO/c1-10(19-15-9-13(17)3-4-14(15)18)11-2-5-16-12(8-11)6-7-20-16/h2-5,8-10,19H,6-7H2,1H3. The van der Waals surface area contributed by atoms with Crippen LogP contribution in [0.15, 0.2) is 36.4 Å². The molecule has 0 fully saturated rings. The molecule has 0 bridgehead atoms. The third-order valence-corrected chi connectivity index (χ3v) is 3.51. The van der Waals surface area contributed by atoms with E-state index in [0.29, 0.717) is 6.61 Å². The van der Waals surface area contributed by atoms with E-state index in [4.69, 9.17) is 4.74 Å². The highest BCUT2D eigenvalue weighted by Gasteiger charge is 2.15. The Hall–Kier alpha value is -2.10. The second-order valence-corrected chi connectivity index (χ2v) is 4.96. The highest BCUT2D eigenvalue weighted by atomic mass is 19.1. The minimum Gasteiger partial charge on any atom is -0.493 e. The fourth-order valence-electron chi connectivity index (χ4n) is 2.40. The van der Waals surface area contributed by atoms with Crippen LogP contribution in [0.1, 0.15) is 24.1 Å². The van der Waals surface area contributed by atoms with Gasteiger partial charge in [0, 0.05) is 12.5 Å². The van der Waals surface area contributed by atoms with Gasteiger partial charge in [-0.05, 0) is 48.4 Å². The molecule has 4 heteroatoms. The normalized spacial score (nSPS) is 14.6. The average Bonchev–Trinajstić information content (AvgIpc) is 2.90. The van der Waals surface area contributed by atoms with E-state index in [1.54, 1.807) is 0 Å². The summed E-state index contributed by atoms with van der Waals surface area (Å²) in [6.07, 6.45) is 0.893. The molecule has 0 radical (unpaired) electrons. The van der Waals surface area contributed by atoms with Gasteiger partial charge in [-0.3, -0.25) is 0 Å². The number of rotatable bonds is 3. The van der Waals surface area contributed by atoms with E-state index in [2.05, 4.69) is 11.4 Å². The number of hydrogen-bond acceptors (Lipinski definition) is 2. The second kappa shape index (κ2) is 5.12. The minimum atomic E-state index is -0.456. The van der Waals surface area contributed by atoms with Crippen molar-refractivity contribution in [2.24, 2.45) is 0 Å². The summed E-state index contributed by atoms with van der Waals surface area (Å²) in [5.41, 5.74) is 2.36. The number of halogens is 2. The molecule has 3 rings (SSSR count). The van der Waals surface area contributed by atoms with Crippen molar-refractivity contribution in [1.29, 1.82) is 0 Å². The molecule has 0 aromatic heterocycles. The highest BCUT2D eigenvalue weighted by Crippen LogP contribution is 2.29. The molecule has 104 valence electrons. The molecule has 0 spiro atoms. The lowest BCUT2D eigenvalue weighted by atomic mass is 10.0. The monoisotopic (exact) mass is 275 g/mol. The smallest absolute Gasteiger partial charge is 0.146 e. The first-order valence-corrected chi connectivity index (χ1v) is 6.61. The van der Waals surface area contributed by atoms with Crippen molar-refractivity contribution in [2.45, 2.75) is 19.4 Å². The van der Waals surface area contributed by atoms with Crippen LogP contribution in [0, 0.1) is 11.6 Å². The van der Waals surface area contributed by atoms with E-state index < -0.39 is 11.6 Å². The molecular weight excluding hydrogens is 260 g/mol. The Morgan fingerprint density at radius 1 is 1.15 bits per heavy atom. The molecule has 1 N–H and O–H groups in total. The van der Waals surface area contributed by atoms with Gasteiger partial charge >= 0.3 is 0 Å². The molecule has 1 heterocycles. The molecule has 0 aliphatic carbocycles. The molecule has 20 heavy (non-hydrogen) atoms. The summed E-state index contributed by atoms with van der Waals surface area (Å²) >= 11 is 0. The summed E-state index contributed by atoms with van der Waals surface area (Å²) in [6, 6.07) is 9.21. The van der Waals surface area contributed by atoms with Gasteiger partial charge in [-0.15, -0.1) is 0 Å². The molecule has 0 saturated carbocycles. The van der Waals surface area contributed by atoms with Gasteiger partial charge in [-0.25, -0.2) is 8.78 Å². The van der Waals surface area contributed by atoms with E-state index in [9.17, 15) is 8.78 Å². The third kappa shape index (κ3) is 2.46. The lowest BCUT2D eigenvalue weighted by Crippen LogP contribution is -2.08. The first-order valence-electron chi connectivity index (χ1n) is 6.61. The molecule has 0 amide bonds. The van der Waals surface area contributed by atoms with Gasteiger partial charge in [0.1, 0.15) is 17.4 Å². The fraction of sp³-hybridized carbons (Fsp3) is 0.250. The number of hydrogen-bond donors (Lipinski definition) is 1. The summed E-state index contributed by atoms with van der Waals surface area (Å²) < 4.78 is 32.2. The predicted molar refractivity (Wildman–Crippen MR) is 74.0 cm³/mol. The van der Waals surface area contributed by atoms with Crippen molar-refractivity contribution < 1.29 is 13.5 Å². The Bertz CT molecular complexity index is 642. The number of fused-ring (bicyclic) bond motifs is 1. The summed E-state index contributed by atoms with van der Waals surface area (Å²) in [6.45, 7) is 2.63. The van der Waals surface area contributed by atoms with E-state index in [1.807, 2.05) is 19.1 Å². The summed E-state index contributed by atoms with van der Waals surface area (Å²) in [5.74, 6) is 0.00378. The third-order valence-electron chi connectivity index (χ3n) is 3.51. The Balaban J connectivity index is 1.82. The van der Waals surface area contributed by atoms with Gasteiger partial charge in [-0.1, -0.05) is 6.07 Å². The van der Waals surface area contributed by atoms with E-state index in [1.165, 1.54) is 6.07 Å². The molecule has 1 aliphatic rings. The van der Waals surface area contributed by atoms with Crippen LogP contribution in [-0.4, -0.2) is 6.61 Å².